The van der Waals surface area contributed by atoms with Gasteiger partial charge in [-0.25, -0.2) is 4.68 Å². The minimum absolute atomic E-state index is 0.138. The second kappa shape index (κ2) is 11.8. The van der Waals surface area contributed by atoms with Crippen molar-refractivity contribution >= 4 is 40.6 Å². The van der Waals surface area contributed by atoms with Crippen LogP contribution in [0.1, 0.15) is 31.7 Å². The molecule has 1 aromatic heterocycles. The van der Waals surface area contributed by atoms with Crippen LogP contribution in [0.4, 0.5) is 0 Å². The zero-order valence-electron chi connectivity index (χ0n) is 25.2. The summed E-state index contributed by atoms with van der Waals surface area (Å²) in [5, 5.41) is 19.4. The second-order valence-corrected chi connectivity index (χ2v) is 14.3. The predicted molar refractivity (Wildman–Crippen MR) is 170 cm³/mol. The van der Waals surface area contributed by atoms with Crippen LogP contribution in [0.2, 0.25) is 0 Å². The molecule has 45 heavy (non-hydrogen) atoms. The third-order valence-electron chi connectivity index (χ3n) is 9.66. The molecule has 2 fully saturated rings. The summed E-state index contributed by atoms with van der Waals surface area (Å²) in [5.41, 5.74) is 2.46. The lowest BCUT2D eigenvalue weighted by Crippen LogP contribution is -2.57. The van der Waals surface area contributed by atoms with Gasteiger partial charge in [0, 0.05) is 11.3 Å². The predicted octanol–water partition coefficient (Wildman–Crippen LogP) is 3.36. The van der Waals surface area contributed by atoms with Crippen LogP contribution in [-0.2, 0) is 32.2 Å². The molecule has 0 saturated carbocycles. The van der Waals surface area contributed by atoms with E-state index >= 15 is 0 Å². The Morgan fingerprint density at radius 3 is 2.62 bits per heavy atom. The minimum atomic E-state index is -1.05. The number of carbonyl (C=O) groups excluding carboxylic acids is 3. The van der Waals surface area contributed by atoms with Crippen LogP contribution in [0.3, 0.4) is 0 Å². The first-order chi connectivity index (χ1) is 21.9. The fourth-order valence-electron chi connectivity index (χ4n) is 7.62. The molecule has 11 heteroatoms. The summed E-state index contributed by atoms with van der Waals surface area (Å²) in [7, 11) is 0. The molecule has 234 valence electrons. The number of ether oxygens (including phenoxy) is 1. The smallest absolute Gasteiger partial charge is 0.311 e. The van der Waals surface area contributed by atoms with Crippen molar-refractivity contribution in [1.29, 1.82) is 0 Å². The molecule has 5 heterocycles. The molecule has 0 bridgehead atoms. The average Bonchev–Trinajstić information content (AvgIpc) is 3.61. The quantitative estimate of drug-likeness (QED) is 0.327. The zero-order valence-corrected chi connectivity index (χ0v) is 26.0. The maximum absolute atomic E-state index is 14.9. The van der Waals surface area contributed by atoms with Gasteiger partial charge in [0.25, 0.3) is 0 Å². The van der Waals surface area contributed by atoms with Gasteiger partial charge in [-0.05, 0) is 50.3 Å². The van der Waals surface area contributed by atoms with Crippen molar-refractivity contribution in [2.75, 3.05) is 19.8 Å². The molecule has 0 radical (unpaired) electrons. The lowest BCUT2D eigenvalue weighted by molar-refractivity contribution is -0.155. The number of likely N-dealkylation sites (tertiary alicyclic amines) is 1. The summed E-state index contributed by atoms with van der Waals surface area (Å²) >= 11 is 1.51. The highest BCUT2D eigenvalue weighted by molar-refractivity contribution is 8.02. The van der Waals surface area contributed by atoms with Gasteiger partial charge in [-0.3, -0.25) is 14.4 Å². The zero-order chi connectivity index (χ0) is 31.2. The maximum Gasteiger partial charge on any atom is 0.311 e. The van der Waals surface area contributed by atoms with E-state index in [0.717, 1.165) is 35.9 Å². The van der Waals surface area contributed by atoms with Crippen molar-refractivity contribution < 1.29 is 24.2 Å². The third-order valence-corrected chi connectivity index (χ3v) is 11.5. The molecular weight excluding hydrogens is 590 g/mol. The number of esters is 1. The molecule has 1 spiro atoms. The lowest BCUT2D eigenvalue weighted by atomic mass is 9.74. The molecule has 4 aliphatic heterocycles. The monoisotopic (exact) mass is 627 g/mol. The van der Waals surface area contributed by atoms with Gasteiger partial charge in [-0.15, -0.1) is 16.9 Å². The fourth-order valence-corrected chi connectivity index (χ4v) is 9.76. The van der Waals surface area contributed by atoms with Gasteiger partial charge in [0.05, 0.1) is 41.4 Å². The Balaban J connectivity index is 1.33. The fraction of sp³-hybridized carbons (Fsp3) is 0.441. The van der Waals surface area contributed by atoms with E-state index in [4.69, 9.17) is 4.74 Å². The van der Waals surface area contributed by atoms with Crippen LogP contribution in [0, 0.1) is 11.8 Å². The van der Waals surface area contributed by atoms with Crippen LogP contribution in [0.25, 0.3) is 11.0 Å². The van der Waals surface area contributed by atoms with E-state index in [0.29, 0.717) is 19.6 Å². The minimum Gasteiger partial charge on any atom is -0.465 e. The Kier molecular flexibility index (Phi) is 7.77. The van der Waals surface area contributed by atoms with E-state index in [1.807, 2.05) is 79.7 Å². The number of para-hydroxylation sites is 1. The van der Waals surface area contributed by atoms with Crippen LogP contribution in [0.15, 0.2) is 78.9 Å². The molecule has 7 rings (SSSR count). The number of aliphatic hydroxyl groups is 1. The molecule has 2 aromatic carbocycles. The molecule has 1 unspecified atom stereocenters. The Morgan fingerprint density at radius 1 is 1.00 bits per heavy atom. The van der Waals surface area contributed by atoms with E-state index in [1.165, 1.54) is 11.8 Å². The summed E-state index contributed by atoms with van der Waals surface area (Å²) in [5.74, 6) is -2.60. The van der Waals surface area contributed by atoms with Crippen molar-refractivity contribution in [2.24, 2.45) is 11.8 Å². The summed E-state index contributed by atoms with van der Waals surface area (Å²) in [4.78, 5) is 46.8. The van der Waals surface area contributed by atoms with Crippen molar-refractivity contribution in [1.82, 2.24) is 24.8 Å². The molecule has 1 N–H and O–H groups in total. The maximum atomic E-state index is 14.9. The molecule has 4 aliphatic rings. The molecule has 2 amide bonds. The Bertz CT molecular complexity index is 1680. The van der Waals surface area contributed by atoms with Crippen molar-refractivity contribution in [3.63, 3.8) is 0 Å². The number of allylic oxidation sites excluding steroid dienone is 1. The lowest BCUT2D eigenvalue weighted by Gasteiger charge is -2.39. The van der Waals surface area contributed by atoms with Crippen molar-refractivity contribution in [3.05, 3.63) is 84.5 Å². The highest BCUT2D eigenvalue weighted by Gasteiger charge is 2.74. The van der Waals surface area contributed by atoms with Gasteiger partial charge in [-0.2, -0.15) is 0 Å². The van der Waals surface area contributed by atoms with E-state index in [9.17, 15) is 19.5 Å². The normalized spacial score (nSPS) is 31.2. The highest BCUT2D eigenvalue weighted by atomic mass is 32.2. The van der Waals surface area contributed by atoms with E-state index in [2.05, 4.69) is 16.4 Å². The largest absolute Gasteiger partial charge is 0.465 e. The first kappa shape index (κ1) is 29.7. The first-order valence-electron chi connectivity index (χ1n) is 15.6. The molecule has 2 saturated heterocycles. The van der Waals surface area contributed by atoms with E-state index < -0.39 is 39.4 Å². The number of nitrogens with zero attached hydrogens (tertiary/aromatic N) is 5. The van der Waals surface area contributed by atoms with Gasteiger partial charge in [-0.1, -0.05) is 72.0 Å². The van der Waals surface area contributed by atoms with Gasteiger partial charge < -0.3 is 19.6 Å². The number of fused-ring (bicyclic) bond motifs is 3. The van der Waals surface area contributed by atoms with Gasteiger partial charge >= 0.3 is 5.97 Å². The average molecular weight is 628 g/mol. The number of benzene rings is 2. The van der Waals surface area contributed by atoms with Crippen LogP contribution >= 0.6 is 11.8 Å². The van der Waals surface area contributed by atoms with Crippen LogP contribution in [0.5, 0.6) is 0 Å². The number of rotatable bonds is 6. The molecular formula is C34H37N5O5S. The number of hydrogen-bond donors (Lipinski definition) is 1. The second-order valence-electron chi connectivity index (χ2n) is 12.5. The van der Waals surface area contributed by atoms with Gasteiger partial charge in [0.2, 0.25) is 11.8 Å². The SMILES string of the molecule is C[C@@]12/C=C\CCCCOC(=O)[C@@H]1[C@H]1C(=O)N([C@@H](CO)Cc3ccccc3)C3C(=O)N(Cn4nnc5ccccc54)CC=C[C@@]31S2. The molecule has 6 atom stereocenters. The highest BCUT2D eigenvalue weighted by Crippen LogP contribution is 2.65. The third kappa shape index (κ3) is 4.96. The number of aliphatic hydroxyl groups excluding tert-OH is 1. The van der Waals surface area contributed by atoms with Gasteiger partial charge in [0.15, 0.2) is 0 Å². The van der Waals surface area contributed by atoms with Crippen LogP contribution < -0.4 is 0 Å². The Morgan fingerprint density at radius 2 is 1.80 bits per heavy atom. The summed E-state index contributed by atoms with van der Waals surface area (Å²) < 4.78 is 5.67. The van der Waals surface area contributed by atoms with Gasteiger partial charge in [0.1, 0.15) is 18.2 Å². The number of carbonyl (C=O) groups is 3. The Hall–Kier alpha value is -3.96. The van der Waals surface area contributed by atoms with Crippen molar-refractivity contribution in [2.45, 2.75) is 60.9 Å². The standard InChI is InChI=1S/C34H37N5O5S/c1-33-16-9-2-3-10-19-44-32(43)28(33)27-30(41)39(24(21-40)20-23-12-5-4-6-13-23)29-31(42)37(18-11-17-34(27,29)45-33)22-38-26-15-8-7-14-25(26)35-36-38/h4-9,11-17,24,27-29,40H,2-3,10,18-22H2,1H3/b16-9-/t24-,27+,28+,29?,33-,34+/m1/s1. The van der Waals surface area contributed by atoms with Crippen molar-refractivity contribution in [3.8, 4) is 0 Å². The summed E-state index contributed by atoms with van der Waals surface area (Å²) in [6.07, 6.45) is 10.9. The molecule has 0 aliphatic carbocycles. The Labute approximate surface area is 266 Å². The van der Waals surface area contributed by atoms with E-state index in [1.54, 1.807) is 14.5 Å². The number of aromatic nitrogens is 3. The topological polar surface area (TPSA) is 118 Å². The summed E-state index contributed by atoms with van der Waals surface area (Å²) in [6, 6.07) is 15.6. The van der Waals surface area contributed by atoms with E-state index in [-0.39, 0.29) is 25.1 Å². The van der Waals surface area contributed by atoms with Crippen LogP contribution in [-0.4, -0.2) is 89.0 Å². The number of thioether (sulfide) groups is 1. The number of amides is 2. The molecule has 3 aromatic rings. The molecule has 10 nitrogen and oxygen atoms in total. The summed E-state index contributed by atoms with van der Waals surface area (Å²) in [6.45, 7) is 2.39. The first-order valence-corrected chi connectivity index (χ1v) is 16.4. The number of cyclic esters (lactones) is 1. The number of hydrogen-bond acceptors (Lipinski definition) is 8.